The van der Waals surface area contributed by atoms with Crippen LogP contribution < -0.4 is 4.90 Å². The van der Waals surface area contributed by atoms with E-state index in [2.05, 4.69) is 4.98 Å². The van der Waals surface area contributed by atoms with E-state index in [0.29, 0.717) is 4.90 Å². The Kier molecular flexibility index (Phi) is 7.57. The number of aliphatic hydroxyl groups is 1. The molecule has 1 amide bonds. The highest BCUT2D eigenvalue weighted by Crippen LogP contribution is 2.38. The Labute approximate surface area is 184 Å². The Hall–Kier alpha value is -2.07. The van der Waals surface area contributed by atoms with Crippen LogP contribution in [0.4, 0.5) is 14.5 Å². The first-order valence-corrected chi connectivity index (χ1v) is 10.2. The Morgan fingerprint density at radius 1 is 1.33 bits per heavy atom. The summed E-state index contributed by atoms with van der Waals surface area (Å²) in [6.45, 7) is 2.89. The summed E-state index contributed by atoms with van der Waals surface area (Å²) in [6, 6.07) is 5.77. The number of rotatable bonds is 6. The topological polar surface area (TPSA) is 93.6 Å². The number of benzene rings is 1. The van der Waals surface area contributed by atoms with Gasteiger partial charge in [0.1, 0.15) is 11.5 Å². The molecule has 0 saturated heterocycles. The molecule has 162 valence electrons. The highest BCUT2D eigenvalue weighted by molar-refractivity contribution is 7.80. The van der Waals surface area contributed by atoms with Crippen LogP contribution in [-0.2, 0) is 20.6 Å². The van der Waals surface area contributed by atoms with E-state index in [9.17, 15) is 27.4 Å². The molecule has 0 radical (unpaired) electrons. The van der Waals surface area contributed by atoms with E-state index in [1.165, 1.54) is 50.4 Å². The quantitative estimate of drug-likeness (QED) is 0.476. The molecule has 1 N–H and O–H groups in total. The number of anilines is 1. The van der Waals surface area contributed by atoms with Gasteiger partial charge in [-0.05, 0) is 54.3 Å². The van der Waals surface area contributed by atoms with Gasteiger partial charge in [0.15, 0.2) is 0 Å². The Morgan fingerprint density at radius 2 is 1.97 bits per heavy atom. The molecule has 0 spiro atoms. The summed E-state index contributed by atoms with van der Waals surface area (Å²) in [7, 11) is 1.10. The van der Waals surface area contributed by atoms with Gasteiger partial charge in [-0.25, -0.2) is 0 Å². The van der Waals surface area contributed by atoms with Crippen LogP contribution in [0.5, 0.6) is 0 Å². The molecule has 0 fully saturated rings. The predicted molar refractivity (Wildman–Crippen MR) is 113 cm³/mol. The van der Waals surface area contributed by atoms with Gasteiger partial charge in [0.2, 0.25) is 0 Å². The van der Waals surface area contributed by atoms with Crippen molar-refractivity contribution in [1.29, 1.82) is 0 Å². The van der Waals surface area contributed by atoms with Gasteiger partial charge in [-0.3, -0.25) is 14.0 Å². The Balaban J connectivity index is 2.60. The van der Waals surface area contributed by atoms with E-state index in [1.54, 1.807) is 0 Å². The first kappa shape index (κ1) is 24.2. The fourth-order valence-electron chi connectivity index (χ4n) is 2.63. The summed E-state index contributed by atoms with van der Waals surface area (Å²) in [5.74, 6) is -1.92. The molecule has 1 aromatic carbocycles. The van der Waals surface area contributed by atoms with Gasteiger partial charge in [-0.15, -0.1) is 0 Å². The lowest BCUT2D eigenvalue weighted by atomic mass is 9.98. The standard InChI is InChI=1S/C19H18Cl2F2N2O4S/c1-19(2,30(28)29)11-5-4-8-24-15(11)13(26)9-10-6-7-12(20)16(14(10)21)25(3)18(27)17(22)23/h4-9,17,26H,1-3H3,(H,28,29)/p-1/b13-9-. The maximum absolute atomic E-state index is 12.8. The van der Waals surface area contributed by atoms with Crippen molar-refractivity contribution in [3.8, 4) is 0 Å². The number of aliphatic hydroxyl groups excluding tert-OH is 1. The minimum atomic E-state index is -3.26. The molecule has 1 unspecified atom stereocenters. The van der Waals surface area contributed by atoms with E-state index < -0.39 is 33.9 Å². The maximum atomic E-state index is 12.8. The second-order valence-corrected chi connectivity index (χ2v) is 8.95. The van der Waals surface area contributed by atoms with E-state index >= 15 is 0 Å². The van der Waals surface area contributed by atoms with Crippen LogP contribution in [0.25, 0.3) is 11.8 Å². The molecule has 1 aromatic heterocycles. The van der Waals surface area contributed by atoms with Gasteiger partial charge in [-0.1, -0.05) is 35.3 Å². The minimum Gasteiger partial charge on any atom is -0.772 e. The fraction of sp³-hybridized carbons (Fsp3) is 0.263. The third kappa shape index (κ3) is 4.80. The molecule has 0 bridgehead atoms. The van der Waals surface area contributed by atoms with Crippen molar-refractivity contribution < 1.29 is 27.4 Å². The SMILES string of the molecule is CN(C(=O)C(F)F)c1c(Cl)ccc(/C=C(\O)c2ncccc2C(C)(C)S(=O)[O-])c1Cl. The summed E-state index contributed by atoms with van der Waals surface area (Å²) in [5.41, 5.74) is 0.228. The van der Waals surface area contributed by atoms with Crippen LogP contribution >= 0.6 is 23.2 Å². The smallest absolute Gasteiger partial charge is 0.316 e. The lowest BCUT2D eigenvalue weighted by molar-refractivity contribution is -0.128. The molecule has 0 aliphatic rings. The van der Waals surface area contributed by atoms with Gasteiger partial charge in [0, 0.05) is 13.2 Å². The third-order valence-electron chi connectivity index (χ3n) is 4.36. The average molecular weight is 478 g/mol. The molecule has 0 aliphatic carbocycles. The molecule has 2 rings (SSSR count). The number of alkyl halides is 2. The number of carbonyl (C=O) groups is 1. The molecular formula is C19H17Cl2F2N2O4S-. The van der Waals surface area contributed by atoms with Crippen molar-refractivity contribution in [2.24, 2.45) is 0 Å². The predicted octanol–water partition coefficient (Wildman–Crippen LogP) is 4.79. The van der Waals surface area contributed by atoms with E-state index in [0.717, 1.165) is 7.05 Å². The van der Waals surface area contributed by atoms with Gasteiger partial charge in [0.05, 0.1) is 20.5 Å². The average Bonchev–Trinajstić information content (AvgIpc) is 2.69. The highest BCUT2D eigenvalue weighted by atomic mass is 35.5. The number of pyridine rings is 1. The molecule has 2 aromatic rings. The van der Waals surface area contributed by atoms with Gasteiger partial charge < -0.3 is 14.6 Å². The second kappa shape index (κ2) is 9.38. The van der Waals surface area contributed by atoms with Crippen LogP contribution in [0, 0.1) is 0 Å². The molecule has 1 heterocycles. The lowest BCUT2D eigenvalue weighted by Gasteiger charge is -2.29. The molecule has 1 atom stereocenters. The number of aromatic nitrogens is 1. The van der Waals surface area contributed by atoms with Crippen molar-refractivity contribution in [3.63, 3.8) is 0 Å². The number of amides is 1. The van der Waals surface area contributed by atoms with E-state index in [4.69, 9.17) is 23.2 Å². The van der Waals surface area contributed by atoms with E-state index in [1.807, 2.05) is 0 Å². The summed E-state index contributed by atoms with van der Waals surface area (Å²) in [6.07, 6.45) is -0.712. The van der Waals surface area contributed by atoms with Crippen molar-refractivity contribution >= 4 is 57.7 Å². The lowest BCUT2D eigenvalue weighted by Crippen LogP contribution is -2.32. The molecule has 30 heavy (non-hydrogen) atoms. The zero-order valence-corrected chi connectivity index (χ0v) is 18.4. The summed E-state index contributed by atoms with van der Waals surface area (Å²) >= 11 is 9.79. The van der Waals surface area contributed by atoms with Crippen LogP contribution in [0.1, 0.15) is 30.7 Å². The van der Waals surface area contributed by atoms with Gasteiger partial charge in [-0.2, -0.15) is 8.78 Å². The van der Waals surface area contributed by atoms with Crippen molar-refractivity contribution in [2.75, 3.05) is 11.9 Å². The van der Waals surface area contributed by atoms with Crippen LogP contribution in [0.3, 0.4) is 0 Å². The zero-order chi connectivity index (χ0) is 22.8. The molecule has 0 aliphatic heterocycles. The second-order valence-electron chi connectivity index (χ2n) is 6.67. The molecule has 6 nitrogen and oxygen atoms in total. The first-order valence-electron chi connectivity index (χ1n) is 8.39. The molecule has 0 saturated carbocycles. The molecular weight excluding hydrogens is 461 g/mol. The number of hydrogen-bond donors (Lipinski definition) is 1. The van der Waals surface area contributed by atoms with Crippen molar-refractivity contribution in [1.82, 2.24) is 4.98 Å². The summed E-state index contributed by atoms with van der Waals surface area (Å²) < 4.78 is 47.5. The number of hydrogen-bond acceptors (Lipinski definition) is 5. The Morgan fingerprint density at radius 3 is 2.53 bits per heavy atom. The normalized spacial score (nSPS) is 13.4. The monoisotopic (exact) mass is 477 g/mol. The van der Waals surface area contributed by atoms with Crippen LogP contribution in [0.15, 0.2) is 30.5 Å². The van der Waals surface area contributed by atoms with Crippen LogP contribution in [-0.4, -0.2) is 38.2 Å². The van der Waals surface area contributed by atoms with Gasteiger partial charge in [0.25, 0.3) is 5.91 Å². The Bertz CT molecular complexity index is 1030. The number of halogens is 4. The summed E-state index contributed by atoms with van der Waals surface area (Å²) in [5, 5.41) is 10.4. The number of carbonyl (C=O) groups excluding carboxylic acids is 1. The largest absolute Gasteiger partial charge is 0.772 e. The van der Waals surface area contributed by atoms with Gasteiger partial charge >= 0.3 is 6.43 Å². The maximum Gasteiger partial charge on any atom is 0.316 e. The summed E-state index contributed by atoms with van der Waals surface area (Å²) in [4.78, 5) is 16.3. The minimum absolute atomic E-state index is 0.00345. The number of nitrogens with zero attached hydrogens (tertiary/aromatic N) is 2. The third-order valence-corrected chi connectivity index (χ3v) is 6.11. The highest BCUT2D eigenvalue weighted by Gasteiger charge is 2.28. The first-order chi connectivity index (χ1) is 13.9. The van der Waals surface area contributed by atoms with Crippen molar-refractivity contribution in [2.45, 2.75) is 25.0 Å². The zero-order valence-electron chi connectivity index (χ0n) is 16.0. The van der Waals surface area contributed by atoms with Crippen LogP contribution in [0.2, 0.25) is 10.0 Å². The van der Waals surface area contributed by atoms with E-state index in [-0.39, 0.29) is 32.6 Å². The fourth-order valence-corrected chi connectivity index (χ4v) is 3.66. The molecule has 11 heteroatoms. The van der Waals surface area contributed by atoms with Crippen molar-refractivity contribution in [3.05, 3.63) is 57.3 Å².